The van der Waals surface area contributed by atoms with Gasteiger partial charge in [-0.25, -0.2) is 9.48 Å². The van der Waals surface area contributed by atoms with Gasteiger partial charge in [0.2, 0.25) is 0 Å². The Hall–Kier alpha value is -3.39. The third-order valence-electron chi connectivity index (χ3n) is 6.66. The van der Waals surface area contributed by atoms with Crippen LogP contribution in [0.4, 0.5) is 4.79 Å². The first-order valence-corrected chi connectivity index (χ1v) is 12.5. The molecule has 0 spiro atoms. The van der Waals surface area contributed by atoms with Gasteiger partial charge in [0.05, 0.1) is 24.2 Å². The highest BCUT2D eigenvalue weighted by Crippen LogP contribution is 2.28. The van der Waals surface area contributed by atoms with Crippen molar-refractivity contribution in [1.82, 2.24) is 19.7 Å². The fourth-order valence-corrected chi connectivity index (χ4v) is 4.59. The minimum Gasteiger partial charge on any atom is -0.492 e. The van der Waals surface area contributed by atoms with Crippen molar-refractivity contribution < 1.29 is 19.0 Å². The second-order valence-corrected chi connectivity index (χ2v) is 9.14. The van der Waals surface area contributed by atoms with Gasteiger partial charge in [0, 0.05) is 25.9 Å². The monoisotopic (exact) mass is 476 g/mol. The average Bonchev–Trinajstić information content (AvgIpc) is 3.42. The molecule has 35 heavy (non-hydrogen) atoms. The van der Waals surface area contributed by atoms with Gasteiger partial charge >= 0.3 is 6.09 Å². The van der Waals surface area contributed by atoms with E-state index in [0.29, 0.717) is 32.2 Å². The van der Waals surface area contributed by atoms with Crippen LogP contribution in [-0.4, -0.2) is 52.1 Å². The van der Waals surface area contributed by atoms with Gasteiger partial charge in [-0.2, -0.15) is 5.10 Å². The van der Waals surface area contributed by atoms with Crippen LogP contribution < -0.4 is 4.74 Å². The predicted octanol–water partition coefficient (Wildman–Crippen LogP) is 5.07. The normalized spacial score (nSPS) is 18.9. The molecule has 0 N–H and O–H groups in total. The number of hydrogen-bond acceptors (Lipinski definition) is 6. The Morgan fingerprint density at radius 1 is 1.03 bits per heavy atom. The van der Waals surface area contributed by atoms with Gasteiger partial charge in [-0.3, -0.25) is 4.98 Å². The quantitative estimate of drug-likeness (QED) is 0.474. The zero-order valence-electron chi connectivity index (χ0n) is 19.9. The number of hydrogen-bond donors (Lipinski definition) is 0. The topological polar surface area (TPSA) is 78.7 Å². The van der Waals surface area contributed by atoms with Crippen LogP contribution in [-0.2, 0) is 16.1 Å². The lowest BCUT2D eigenvalue weighted by molar-refractivity contribution is -0.0384. The molecule has 8 heteroatoms. The summed E-state index contributed by atoms with van der Waals surface area (Å²) >= 11 is 0. The molecule has 0 radical (unpaired) electrons. The lowest BCUT2D eigenvalue weighted by Crippen LogP contribution is -2.39. The van der Waals surface area contributed by atoms with Crippen molar-refractivity contribution in [2.75, 3.05) is 26.3 Å². The van der Waals surface area contributed by atoms with Crippen molar-refractivity contribution in [3.8, 4) is 17.1 Å². The molecule has 2 aromatic heterocycles. The molecule has 0 saturated carbocycles. The predicted molar refractivity (Wildman–Crippen MR) is 131 cm³/mol. The molecule has 3 aromatic rings. The molecule has 0 bridgehead atoms. The number of piperidine rings is 1. The number of aromatic nitrogens is 3. The van der Waals surface area contributed by atoms with Crippen LogP contribution in [0.5, 0.6) is 5.75 Å². The second-order valence-electron chi connectivity index (χ2n) is 9.14. The smallest absolute Gasteiger partial charge is 0.410 e. The van der Waals surface area contributed by atoms with Crippen LogP contribution in [0, 0.1) is 5.92 Å². The maximum Gasteiger partial charge on any atom is 0.410 e. The third-order valence-corrected chi connectivity index (χ3v) is 6.66. The maximum absolute atomic E-state index is 12.4. The number of ether oxygens (including phenoxy) is 3. The van der Waals surface area contributed by atoms with Crippen LogP contribution in [0.3, 0.4) is 0 Å². The molecule has 1 aromatic carbocycles. The van der Waals surface area contributed by atoms with E-state index in [-0.39, 0.29) is 12.3 Å². The van der Waals surface area contributed by atoms with E-state index in [9.17, 15) is 4.79 Å². The summed E-state index contributed by atoms with van der Waals surface area (Å²) in [5, 5.41) is 4.47. The summed E-state index contributed by atoms with van der Waals surface area (Å²) in [5.74, 6) is 1.15. The maximum atomic E-state index is 12.4. The number of carbonyl (C=O) groups is 1. The van der Waals surface area contributed by atoms with E-state index in [4.69, 9.17) is 14.2 Å². The number of likely N-dealkylation sites (tertiary alicyclic amines) is 1. The van der Waals surface area contributed by atoms with Crippen LogP contribution in [0.1, 0.15) is 43.9 Å². The van der Waals surface area contributed by atoms with Gasteiger partial charge in [-0.15, -0.1) is 0 Å². The summed E-state index contributed by atoms with van der Waals surface area (Å²) < 4.78 is 19.3. The van der Waals surface area contributed by atoms with Gasteiger partial charge in [0.15, 0.2) is 6.23 Å². The lowest BCUT2D eigenvalue weighted by atomic mass is 9.98. The van der Waals surface area contributed by atoms with Crippen molar-refractivity contribution >= 4 is 6.09 Å². The summed E-state index contributed by atoms with van der Waals surface area (Å²) in [6.07, 6.45) is 8.32. The summed E-state index contributed by atoms with van der Waals surface area (Å²) in [5.41, 5.74) is 2.80. The first-order valence-electron chi connectivity index (χ1n) is 12.5. The van der Waals surface area contributed by atoms with E-state index in [0.717, 1.165) is 61.4 Å². The van der Waals surface area contributed by atoms with Gasteiger partial charge in [0.25, 0.3) is 0 Å². The molecule has 4 heterocycles. The fraction of sp³-hybridized carbons (Fsp3) is 0.444. The minimum absolute atomic E-state index is 0.0204. The van der Waals surface area contributed by atoms with Gasteiger partial charge in [-0.1, -0.05) is 30.3 Å². The zero-order valence-corrected chi connectivity index (χ0v) is 19.9. The van der Waals surface area contributed by atoms with Crippen LogP contribution in [0.25, 0.3) is 11.4 Å². The first-order chi connectivity index (χ1) is 17.3. The third kappa shape index (κ3) is 6.00. The SMILES string of the molecule is O=C(OCc1ccccc1)N1CCC(COc2ccc(-c3ccnn3C3CCCCO3)nc2)CC1. The van der Waals surface area contributed by atoms with Crippen molar-refractivity contribution in [2.24, 2.45) is 5.92 Å². The second kappa shape index (κ2) is 11.4. The van der Waals surface area contributed by atoms with Gasteiger partial charge < -0.3 is 19.1 Å². The lowest BCUT2D eigenvalue weighted by Gasteiger charge is -2.31. The number of pyridine rings is 1. The fourth-order valence-electron chi connectivity index (χ4n) is 4.59. The highest BCUT2D eigenvalue weighted by molar-refractivity contribution is 5.67. The molecule has 1 atom stereocenters. The first kappa shape index (κ1) is 23.4. The average molecular weight is 477 g/mol. The number of carbonyl (C=O) groups excluding carboxylic acids is 1. The molecule has 2 aliphatic rings. The molecule has 2 saturated heterocycles. The van der Waals surface area contributed by atoms with E-state index in [1.54, 1.807) is 17.3 Å². The Kier molecular flexibility index (Phi) is 7.58. The Balaban J connectivity index is 1.07. The van der Waals surface area contributed by atoms with E-state index < -0.39 is 0 Å². The molecule has 2 aliphatic heterocycles. The number of amides is 1. The van der Waals surface area contributed by atoms with Crippen LogP contribution in [0.15, 0.2) is 60.9 Å². The highest BCUT2D eigenvalue weighted by atomic mass is 16.6. The molecule has 8 nitrogen and oxygen atoms in total. The van der Waals surface area contributed by atoms with E-state index in [1.165, 1.54) is 0 Å². The Bertz CT molecular complexity index is 1070. The van der Waals surface area contributed by atoms with Crippen LogP contribution in [0.2, 0.25) is 0 Å². The Morgan fingerprint density at radius 3 is 2.63 bits per heavy atom. The van der Waals surface area contributed by atoms with Crippen molar-refractivity contribution in [3.63, 3.8) is 0 Å². The Labute approximate surface area is 205 Å². The molecule has 1 amide bonds. The van der Waals surface area contributed by atoms with Gasteiger partial charge in [-0.05, 0) is 61.8 Å². The van der Waals surface area contributed by atoms with Crippen molar-refractivity contribution in [1.29, 1.82) is 0 Å². The minimum atomic E-state index is -0.245. The van der Waals surface area contributed by atoms with E-state index in [1.807, 2.05) is 53.2 Å². The largest absolute Gasteiger partial charge is 0.492 e. The zero-order chi connectivity index (χ0) is 23.9. The molecular formula is C27H32N4O4. The molecule has 5 rings (SSSR count). The summed E-state index contributed by atoms with van der Waals surface area (Å²) in [4.78, 5) is 18.8. The van der Waals surface area contributed by atoms with Gasteiger partial charge in [0.1, 0.15) is 12.4 Å². The summed E-state index contributed by atoms with van der Waals surface area (Å²) in [7, 11) is 0. The standard InChI is InChI=1S/C27H32N4O4/c32-27(35-20-21-6-2-1-3-7-21)30-15-12-22(13-16-30)19-34-23-9-10-24(28-18-23)25-11-14-29-31(25)26-8-4-5-17-33-26/h1-3,6-7,9-11,14,18,22,26H,4-5,8,12-13,15-17,19-20H2. The van der Waals surface area contributed by atoms with E-state index in [2.05, 4.69) is 10.1 Å². The molecular weight excluding hydrogens is 444 g/mol. The molecule has 1 unspecified atom stereocenters. The number of rotatable bonds is 7. The molecule has 184 valence electrons. The number of benzene rings is 1. The number of nitrogens with zero attached hydrogens (tertiary/aromatic N) is 4. The van der Waals surface area contributed by atoms with Crippen molar-refractivity contribution in [2.45, 2.75) is 44.9 Å². The summed E-state index contributed by atoms with van der Waals surface area (Å²) in [6, 6.07) is 15.6. The highest BCUT2D eigenvalue weighted by Gasteiger charge is 2.24. The summed E-state index contributed by atoms with van der Waals surface area (Å²) in [6.45, 7) is 3.07. The molecule has 2 fully saturated rings. The van der Waals surface area contributed by atoms with Crippen molar-refractivity contribution in [3.05, 3.63) is 66.5 Å². The van der Waals surface area contributed by atoms with E-state index >= 15 is 0 Å². The molecule has 0 aliphatic carbocycles. The van der Waals surface area contributed by atoms with Crippen LogP contribution >= 0.6 is 0 Å². The Morgan fingerprint density at radius 2 is 1.89 bits per heavy atom.